The highest BCUT2D eigenvalue weighted by Crippen LogP contribution is 2.48. The highest BCUT2D eigenvalue weighted by molar-refractivity contribution is 6.01. The van der Waals surface area contributed by atoms with Crippen molar-refractivity contribution in [3.63, 3.8) is 0 Å². The van der Waals surface area contributed by atoms with Gasteiger partial charge >= 0.3 is 5.97 Å². The van der Waals surface area contributed by atoms with Crippen molar-refractivity contribution in [2.75, 3.05) is 7.11 Å². The summed E-state index contributed by atoms with van der Waals surface area (Å²) in [4.78, 5) is 23.7. The van der Waals surface area contributed by atoms with Gasteiger partial charge < -0.3 is 4.74 Å². The molecule has 1 aromatic rings. The minimum absolute atomic E-state index is 0.00963. The van der Waals surface area contributed by atoms with Gasteiger partial charge in [-0.3, -0.25) is 9.59 Å². The molecule has 0 saturated heterocycles. The van der Waals surface area contributed by atoms with Crippen molar-refractivity contribution in [2.24, 2.45) is 11.3 Å². The highest BCUT2D eigenvalue weighted by atomic mass is 16.5. The fourth-order valence-electron chi connectivity index (χ4n) is 3.66. The predicted octanol–water partition coefficient (Wildman–Crippen LogP) is 2.31. The molecule has 1 aromatic carbocycles. The Bertz CT molecular complexity index is 535. The van der Waals surface area contributed by atoms with Crippen LogP contribution in [0.3, 0.4) is 0 Å². The summed E-state index contributed by atoms with van der Waals surface area (Å²) in [6, 6.07) is 8.42. The van der Waals surface area contributed by atoms with Crippen LogP contribution in [0.15, 0.2) is 24.3 Å². The Morgan fingerprint density at radius 3 is 2.74 bits per heavy atom. The smallest absolute Gasteiger partial charge is 0.316 e. The Labute approximate surface area is 113 Å². The third-order valence-electron chi connectivity index (χ3n) is 4.67. The molecule has 1 spiro atoms. The number of carbonyl (C=O) groups excluding carboxylic acids is 2. The van der Waals surface area contributed by atoms with Crippen LogP contribution in [0.1, 0.15) is 30.4 Å². The van der Waals surface area contributed by atoms with E-state index in [2.05, 4.69) is 18.2 Å². The number of rotatable bonds is 1. The molecule has 3 rings (SSSR count). The van der Waals surface area contributed by atoms with E-state index in [1.165, 1.54) is 18.2 Å². The number of hydrogen-bond acceptors (Lipinski definition) is 3. The molecular formula is C16H18O3. The van der Waals surface area contributed by atoms with Crippen LogP contribution in [0.4, 0.5) is 0 Å². The van der Waals surface area contributed by atoms with Gasteiger partial charge in [-0.2, -0.15) is 0 Å². The maximum Gasteiger partial charge on any atom is 0.316 e. The molecule has 2 aliphatic carbocycles. The molecule has 2 aliphatic rings. The van der Waals surface area contributed by atoms with E-state index in [-0.39, 0.29) is 17.2 Å². The van der Waals surface area contributed by atoms with Crippen LogP contribution >= 0.6 is 0 Å². The number of Topliss-reactive ketones (excluding diaryl/α,β-unsaturated/α-hetero) is 1. The van der Waals surface area contributed by atoms with Gasteiger partial charge in [0.25, 0.3) is 0 Å². The van der Waals surface area contributed by atoms with E-state index in [4.69, 9.17) is 4.74 Å². The fourth-order valence-corrected chi connectivity index (χ4v) is 3.66. The van der Waals surface area contributed by atoms with E-state index < -0.39 is 5.92 Å². The molecule has 3 nitrogen and oxygen atoms in total. The molecule has 3 heteroatoms. The van der Waals surface area contributed by atoms with E-state index in [1.54, 1.807) is 0 Å². The first-order chi connectivity index (χ1) is 9.13. The Kier molecular flexibility index (Phi) is 2.92. The molecule has 0 heterocycles. The van der Waals surface area contributed by atoms with Gasteiger partial charge in [0.2, 0.25) is 0 Å². The van der Waals surface area contributed by atoms with Crippen LogP contribution in [0, 0.1) is 11.3 Å². The van der Waals surface area contributed by atoms with Gasteiger partial charge in [-0.15, -0.1) is 0 Å². The quantitative estimate of drug-likeness (QED) is 0.573. The largest absolute Gasteiger partial charge is 0.468 e. The van der Waals surface area contributed by atoms with Crippen LogP contribution in [-0.2, 0) is 27.2 Å². The molecule has 2 atom stereocenters. The van der Waals surface area contributed by atoms with Crippen molar-refractivity contribution in [1.82, 2.24) is 0 Å². The number of fused-ring (bicyclic) bond motifs is 1. The standard InChI is InChI=1S/C16H18O3/c1-19-15(18)13-9-16(10-14(13)17)7-6-11-4-2-3-5-12(11)8-16/h2-5,13H,6-10H2,1H3/t13?,16-/m0/s1. The van der Waals surface area contributed by atoms with E-state index in [0.717, 1.165) is 19.3 Å². The molecule has 19 heavy (non-hydrogen) atoms. The number of aryl methyl sites for hydroxylation is 1. The zero-order valence-corrected chi connectivity index (χ0v) is 11.1. The maximum absolute atomic E-state index is 12.1. The first-order valence-corrected chi connectivity index (χ1v) is 6.81. The van der Waals surface area contributed by atoms with Crippen molar-refractivity contribution in [2.45, 2.75) is 32.1 Å². The zero-order chi connectivity index (χ0) is 13.5. The van der Waals surface area contributed by atoms with Gasteiger partial charge in [0.05, 0.1) is 7.11 Å². The number of methoxy groups -OCH3 is 1. The lowest BCUT2D eigenvalue weighted by atomic mass is 9.70. The number of ketones is 1. The molecule has 0 amide bonds. The second-order valence-electron chi connectivity index (χ2n) is 5.87. The summed E-state index contributed by atoms with van der Waals surface area (Å²) in [6.07, 6.45) is 4.12. The molecule has 0 bridgehead atoms. The topological polar surface area (TPSA) is 43.4 Å². The summed E-state index contributed by atoms with van der Waals surface area (Å²) in [7, 11) is 1.36. The number of esters is 1. The second kappa shape index (κ2) is 4.48. The minimum Gasteiger partial charge on any atom is -0.468 e. The van der Waals surface area contributed by atoms with Crippen molar-refractivity contribution >= 4 is 11.8 Å². The minimum atomic E-state index is -0.532. The SMILES string of the molecule is COC(=O)C1C[C@@]2(CCc3ccccc3C2)CC1=O. The molecule has 1 fully saturated rings. The molecule has 0 aliphatic heterocycles. The second-order valence-corrected chi connectivity index (χ2v) is 5.87. The van der Waals surface area contributed by atoms with Crippen molar-refractivity contribution in [3.05, 3.63) is 35.4 Å². The summed E-state index contributed by atoms with van der Waals surface area (Å²) < 4.78 is 4.75. The van der Waals surface area contributed by atoms with Gasteiger partial charge in [0.15, 0.2) is 0 Å². The molecule has 1 saturated carbocycles. The summed E-state index contributed by atoms with van der Waals surface area (Å²) in [5.41, 5.74) is 2.72. The normalized spacial score (nSPS) is 29.3. The van der Waals surface area contributed by atoms with Crippen LogP contribution in [0.25, 0.3) is 0 Å². The number of benzene rings is 1. The summed E-state index contributed by atoms with van der Waals surface area (Å²) in [5, 5.41) is 0. The Hall–Kier alpha value is -1.64. The van der Waals surface area contributed by atoms with Gasteiger partial charge in [-0.25, -0.2) is 0 Å². The molecule has 0 N–H and O–H groups in total. The average Bonchev–Trinajstić information content (AvgIpc) is 2.74. The number of carbonyl (C=O) groups is 2. The molecule has 0 radical (unpaired) electrons. The van der Waals surface area contributed by atoms with Crippen molar-refractivity contribution in [1.29, 1.82) is 0 Å². The summed E-state index contributed by atoms with van der Waals surface area (Å²) >= 11 is 0. The summed E-state index contributed by atoms with van der Waals surface area (Å²) in [5.74, 6) is -0.831. The Morgan fingerprint density at radius 1 is 1.26 bits per heavy atom. The lowest BCUT2D eigenvalue weighted by molar-refractivity contribution is -0.148. The average molecular weight is 258 g/mol. The van der Waals surface area contributed by atoms with E-state index in [9.17, 15) is 9.59 Å². The monoisotopic (exact) mass is 258 g/mol. The van der Waals surface area contributed by atoms with E-state index in [0.29, 0.717) is 12.8 Å². The third kappa shape index (κ3) is 2.07. The Balaban J connectivity index is 1.84. The number of hydrogen-bond donors (Lipinski definition) is 0. The molecule has 100 valence electrons. The lowest BCUT2D eigenvalue weighted by Crippen LogP contribution is -2.27. The first kappa shape index (κ1) is 12.4. The number of ether oxygens (including phenoxy) is 1. The molecule has 0 aromatic heterocycles. The third-order valence-corrected chi connectivity index (χ3v) is 4.67. The van der Waals surface area contributed by atoms with E-state index in [1.807, 2.05) is 6.07 Å². The molecule has 1 unspecified atom stereocenters. The van der Waals surface area contributed by atoms with Gasteiger partial charge in [0.1, 0.15) is 11.7 Å². The van der Waals surface area contributed by atoms with Gasteiger partial charge in [-0.1, -0.05) is 24.3 Å². The predicted molar refractivity (Wildman–Crippen MR) is 70.6 cm³/mol. The van der Waals surface area contributed by atoms with Crippen LogP contribution < -0.4 is 0 Å². The van der Waals surface area contributed by atoms with Crippen LogP contribution in [0.2, 0.25) is 0 Å². The van der Waals surface area contributed by atoms with Crippen molar-refractivity contribution in [3.8, 4) is 0 Å². The fraction of sp³-hybridized carbons (Fsp3) is 0.500. The van der Waals surface area contributed by atoms with Gasteiger partial charge in [0, 0.05) is 6.42 Å². The lowest BCUT2D eigenvalue weighted by Gasteiger charge is -2.34. The highest BCUT2D eigenvalue weighted by Gasteiger charge is 2.48. The van der Waals surface area contributed by atoms with Crippen LogP contribution in [-0.4, -0.2) is 18.9 Å². The van der Waals surface area contributed by atoms with Crippen molar-refractivity contribution < 1.29 is 14.3 Å². The summed E-state index contributed by atoms with van der Waals surface area (Å²) in [6.45, 7) is 0. The zero-order valence-electron chi connectivity index (χ0n) is 11.1. The maximum atomic E-state index is 12.1. The molecular weight excluding hydrogens is 240 g/mol. The first-order valence-electron chi connectivity index (χ1n) is 6.81. The Morgan fingerprint density at radius 2 is 2.00 bits per heavy atom. The van der Waals surface area contributed by atoms with E-state index >= 15 is 0 Å². The van der Waals surface area contributed by atoms with Gasteiger partial charge in [-0.05, 0) is 42.2 Å². The van der Waals surface area contributed by atoms with Crippen LogP contribution in [0.5, 0.6) is 0 Å².